The molecule has 8 heteroatoms. The summed E-state index contributed by atoms with van der Waals surface area (Å²) < 4.78 is 25.2. The van der Waals surface area contributed by atoms with Gasteiger partial charge in [0, 0.05) is 39.0 Å². The summed E-state index contributed by atoms with van der Waals surface area (Å²) in [5.74, 6) is -0.697. The van der Waals surface area contributed by atoms with Gasteiger partial charge in [0.05, 0.1) is 6.61 Å². The highest BCUT2D eigenvalue weighted by Crippen LogP contribution is 2.14. The second-order valence-electron chi connectivity index (χ2n) is 4.73. The van der Waals surface area contributed by atoms with Crippen molar-refractivity contribution < 1.29 is 32.3 Å². The summed E-state index contributed by atoms with van der Waals surface area (Å²) in [6, 6.07) is 0.625. The van der Waals surface area contributed by atoms with Crippen molar-refractivity contribution in [3.05, 3.63) is 37.0 Å². The van der Waals surface area contributed by atoms with Gasteiger partial charge in [-0.2, -0.15) is 0 Å². The van der Waals surface area contributed by atoms with Gasteiger partial charge in [-0.1, -0.05) is 25.3 Å². The number of carbonyl (C=O) groups excluding carboxylic acids is 2. The summed E-state index contributed by atoms with van der Waals surface area (Å²) in [5.41, 5.74) is 0.414. The summed E-state index contributed by atoms with van der Waals surface area (Å²) in [6.07, 6.45) is 5.19. The van der Waals surface area contributed by atoms with Gasteiger partial charge in [0.2, 0.25) is 0 Å². The summed E-state index contributed by atoms with van der Waals surface area (Å²) in [4.78, 5) is 21.5. The van der Waals surface area contributed by atoms with Crippen LogP contribution in [0.15, 0.2) is 37.0 Å². The van der Waals surface area contributed by atoms with Crippen molar-refractivity contribution in [1.82, 2.24) is 0 Å². The van der Waals surface area contributed by atoms with Crippen molar-refractivity contribution in [2.45, 2.75) is 26.3 Å². The first-order valence-electron chi connectivity index (χ1n) is 7.70. The summed E-state index contributed by atoms with van der Waals surface area (Å²) in [7, 11) is 2.16. The van der Waals surface area contributed by atoms with E-state index in [1.807, 2.05) is 0 Å². The number of carbonyl (C=O) groups is 2. The third kappa shape index (κ3) is 13.2. The second kappa shape index (κ2) is 15.8. The first-order valence-corrected chi connectivity index (χ1v) is 9.64. The minimum atomic E-state index is -2.52. The zero-order valence-corrected chi connectivity index (χ0v) is 16.8. The van der Waals surface area contributed by atoms with Crippen LogP contribution >= 0.6 is 0 Å². The Labute approximate surface area is 151 Å². The van der Waals surface area contributed by atoms with Crippen molar-refractivity contribution in [1.29, 1.82) is 0 Å². The molecule has 0 amide bonds. The highest BCUT2D eigenvalue weighted by molar-refractivity contribution is 6.60. The molecule has 25 heavy (non-hydrogen) atoms. The van der Waals surface area contributed by atoms with Crippen LogP contribution in [-0.4, -0.2) is 55.3 Å². The van der Waals surface area contributed by atoms with E-state index >= 15 is 0 Å². The molecule has 0 radical (unpaired) electrons. The van der Waals surface area contributed by atoms with Crippen LogP contribution in [-0.2, 0) is 32.3 Å². The van der Waals surface area contributed by atoms with Crippen molar-refractivity contribution in [3.8, 4) is 0 Å². The lowest BCUT2D eigenvalue weighted by Crippen LogP contribution is -2.42. The lowest BCUT2D eigenvalue weighted by Gasteiger charge is -2.23. The number of hydrogen-bond donors (Lipinski definition) is 0. The Bertz CT molecular complexity index is 434. The Kier molecular flexibility index (Phi) is 16.1. The maximum Gasteiger partial charge on any atom is 0.500 e. The first kappa shape index (κ1) is 25.5. The van der Waals surface area contributed by atoms with Gasteiger partial charge in [0.15, 0.2) is 0 Å². The summed E-state index contributed by atoms with van der Waals surface area (Å²) in [6.45, 7) is 10.7. The standard InChI is InChI=1S/C10H20O5Si.C7H10O2/c1-5-7-10(11)15-8-6-9-16(12-2,13-3)14-4;1-4-5-9-7(8)6(2)3/h5,7H,6,8-9H2,1-4H3;4H,1-2,5H2,3H3. The minimum Gasteiger partial charge on any atom is -0.463 e. The maximum atomic E-state index is 11.0. The van der Waals surface area contributed by atoms with E-state index in [0.717, 1.165) is 0 Å². The molecule has 0 aromatic rings. The molecule has 0 unspecified atom stereocenters. The lowest BCUT2D eigenvalue weighted by molar-refractivity contribution is -0.138. The maximum absolute atomic E-state index is 11.0. The van der Waals surface area contributed by atoms with Crippen LogP contribution in [0.2, 0.25) is 6.04 Å². The van der Waals surface area contributed by atoms with Gasteiger partial charge in [-0.3, -0.25) is 0 Å². The van der Waals surface area contributed by atoms with Gasteiger partial charge < -0.3 is 22.8 Å². The van der Waals surface area contributed by atoms with E-state index in [9.17, 15) is 9.59 Å². The topological polar surface area (TPSA) is 80.3 Å². The molecule has 0 bridgehead atoms. The molecule has 0 aromatic carbocycles. The van der Waals surface area contributed by atoms with Crippen LogP contribution in [0.4, 0.5) is 0 Å². The number of hydrogen-bond acceptors (Lipinski definition) is 7. The molecule has 0 rings (SSSR count). The van der Waals surface area contributed by atoms with Crippen LogP contribution < -0.4 is 0 Å². The van der Waals surface area contributed by atoms with Crippen molar-refractivity contribution in [2.75, 3.05) is 34.5 Å². The zero-order chi connectivity index (χ0) is 19.7. The van der Waals surface area contributed by atoms with Gasteiger partial charge in [-0.05, 0) is 20.3 Å². The molecule has 0 spiro atoms. The quantitative estimate of drug-likeness (QED) is 0.181. The Balaban J connectivity index is 0. The van der Waals surface area contributed by atoms with Crippen LogP contribution in [0.3, 0.4) is 0 Å². The predicted molar refractivity (Wildman–Crippen MR) is 97.9 cm³/mol. The third-order valence-corrected chi connectivity index (χ3v) is 5.62. The number of rotatable bonds is 11. The molecule has 0 aliphatic carbocycles. The molecule has 0 N–H and O–H groups in total. The SMILES string of the molecule is C=CCOC(=O)C(=C)C.CC=CC(=O)OCCC[Si](OC)(OC)OC. The first-order chi connectivity index (χ1) is 11.8. The Morgan fingerprint density at radius 2 is 1.64 bits per heavy atom. The van der Waals surface area contributed by atoms with Crippen molar-refractivity contribution in [2.24, 2.45) is 0 Å². The van der Waals surface area contributed by atoms with Gasteiger partial charge in [0.1, 0.15) is 6.61 Å². The van der Waals surface area contributed by atoms with Gasteiger partial charge in [-0.15, -0.1) is 0 Å². The molecule has 0 atom stereocenters. The van der Waals surface area contributed by atoms with Gasteiger partial charge in [-0.25, -0.2) is 9.59 Å². The highest BCUT2D eigenvalue weighted by atomic mass is 28.4. The number of esters is 2. The van der Waals surface area contributed by atoms with Crippen LogP contribution in [0.5, 0.6) is 0 Å². The largest absolute Gasteiger partial charge is 0.500 e. The van der Waals surface area contributed by atoms with E-state index in [2.05, 4.69) is 17.9 Å². The molecule has 0 heterocycles. The smallest absolute Gasteiger partial charge is 0.463 e. The molecule has 0 aliphatic rings. The van der Waals surface area contributed by atoms with E-state index in [1.165, 1.54) is 12.2 Å². The van der Waals surface area contributed by atoms with E-state index in [0.29, 0.717) is 24.6 Å². The molecule has 0 saturated carbocycles. The Morgan fingerprint density at radius 3 is 2.04 bits per heavy atom. The fourth-order valence-corrected chi connectivity index (χ4v) is 3.15. The van der Waals surface area contributed by atoms with E-state index < -0.39 is 8.80 Å². The van der Waals surface area contributed by atoms with Gasteiger partial charge >= 0.3 is 20.7 Å². The molecule has 0 fully saturated rings. The lowest BCUT2D eigenvalue weighted by atomic mass is 10.4. The normalized spacial score (nSPS) is 10.6. The Morgan fingerprint density at radius 1 is 1.08 bits per heavy atom. The summed E-state index contributed by atoms with van der Waals surface area (Å²) >= 11 is 0. The molecule has 7 nitrogen and oxygen atoms in total. The second-order valence-corrected chi connectivity index (χ2v) is 7.82. The minimum absolute atomic E-state index is 0.256. The van der Waals surface area contributed by atoms with Crippen LogP contribution in [0.1, 0.15) is 20.3 Å². The number of ether oxygens (including phenoxy) is 2. The summed E-state index contributed by atoms with van der Waals surface area (Å²) in [5, 5.41) is 0. The van der Waals surface area contributed by atoms with E-state index in [4.69, 9.17) is 18.0 Å². The fraction of sp³-hybridized carbons (Fsp3) is 0.529. The molecular weight excluding hydrogens is 344 g/mol. The number of allylic oxidation sites excluding steroid dienone is 1. The van der Waals surface area contributed by atoms with E-state index in [-0.39, 0.29) is 18.5 Å². The molecule has 0 saturated heterocycles. The van der Waals surface area contributed by atoms with Gasteiger partial charge in [0.25, 0.3) is 0 Å². The highest BCUT2D eigenvalue weighted by Gasteiger charge is 2.36. The zero-order valence-electron chi connectivity index (χ0n) is 15.8. The molecule has 0 aliphatic heterocycles. The van der Waals surface area contributed by atoms with Crippen LogP contribution in [0.25, 0.3) is 0 Å². The predicted octanol–water partition coefficient (Wildman–Crippen LogP) is 2.67. The van der Waals surface area contributed by atoms with E-state index in [1.54, 1.807) is 41.3 Å². The fourth-order valence-electron chi connectivity index (χ4n) is 1.46. The van der Waals surface area contributed by atoms with Crippen LogP contribution in [0, 0.1) is 0 Å². The molecule has 144 valence electrons. The monoisotopic (exact) mass is 374 g/mol. The average Bonchev–Trinajstić information content (AvgIpc) is 2.61. The average molecular weight is 375 g/mol. The van der Waals surface area contributed by atoms with Crippen molar-refractivity contribution >= 4 is 20.7 Å². The Hall–Kier alpha value is -1.74. The van der Waals surface area contributed by atoms with Crippen molar-refractivity contribution in [3.63, 3.8) is 0 Å². The molecule has 0 aromatic heterocycles. The molecular formula is C17H30O7Si. The third-order valence-electron chi connectivity index (χ3n) is 2.79.